The molecular weight excluding hydrogens is 240 g/mol. The van der Waals surface area contributed by atoms with Gasteiger partial charge < -0.3 is 10.6 Å². The van der Waals surface area contributed by atoms with Gasteiger partial charge in [-0.25, -0.2) is 0 Å². The number of pyridine rings is 2. The number of rotatable bonds is 5. The van der Waals surface area contributed by atoms with Crippen LogP contribution in [0, 0.1) is 0 Å². The van der Waals surface area contributed by atoms with E-state index in [9.17, 15) is 4.79 Å². The minimum Gasteiger partial charge on any atom is -0.383 e. The van der Waals surface area contributed by atoms with Crippen molar-refractivity contribution in [2.75, 3.05) is 11.9 Å². The smallest absolute Gasteiger partial charge is 0.253 e. The molecule has 0 aromatic carbocycles. The molecule has 0 unspecified atom stereocenters. The summed E-state index contributed by atoms with van der Waals surface area (Å²) in [6, 6.07) is 5.45. The summed E-state index contributed by atoms with van der Waals surface area (Å²) < 4.78 is 0. The van der Waals surface area contributed by atoms with Crippen molar-refractivity contribution in [3.63, 3.8) is 0 Å². The Morgan fingerprint density at radius 1 is 1.16 bits per heavy atom. The van der Waals surface area contributed by atoms with E-state index < -0.39 is 0 Å². The van der Waals surface area contributed by atoms with Gasteiger partial charge in [0.05, 0.1) is 17.4 Å². The van der Waals surface area contributed by atoms with E-state index in [4.69, 9.17) is 0 Å². The number of nitrogens with one attached hydrogen (secondary N) is 2. The topological polar surface area (TPSA) is 66.9 Å². The van der Waals surface area contributed by atoms with Crippen LogP contribution in [0.15, 0.2) is 43.0 Å². The molecule has 2 rings (SSSR count). The summed E-state index contributed by atoms with van der Waals surface area (Å²) in [5.74, 6) is -0.116. The van der Waals surface area contributed by atoms with E-state index in [0.29, 0.717) is 12.1 Å². The molecule has 0 spiro atoms. The Labute approximate surface area is 112 Å². The first kappa shape index (κ1) is 13.0. The third-order valence-corrected chi connectivity index (χ3v) is 2.64. The van der Waals surface area contributed by atoms with Gasteiger partial charge in [0.1, 0.15) is 0 Å². The minimum absolute atomic E-state index is 0.116. The van der Waals surface area contributed by atoms with Gasteiger partial charge in [-0.1, -0.05) is 0 Å². The number of nitrogens with zero attached hydrogens (tertiary/aromatic N) is 2. The number of hydrogen-bond donors (Lipinski definition) is 2. The molecule has 0 aliphatic rings. The molecule has 2 heterocycles. The maximum Gasteiger partial charge on any atom is 0.253 e. The van der Waals surface area contributed by atoms with E-state index >= 15 is 0 Å². The number of anilines is 1. The Morgan fingerprint density at radius 3 is 2.63 bits per heavy atom. The Balaban J connectivity index is 2.04. The van der Waals surface area contributed by atoms with Crippen LogP contribution in [0.2, 0.25) is 0 Å². The van der Waals surface area contributed by atoms with Gasteiger partial charge in [0.25, 0.3) is 5.91 Å². The maximum absolute atomic E-state index is 12.1. The fourth-order valence-electron chi connectivity index (χ4n) is 1.70. The van der Waals surface area contributed by atoms with Crippen molar-refractivity contribution in [3.05, 3.63) is 54.1 Å². The average molecular weight is 256 g/mol. The van der Waals surface area contributed by atoms with Gasteiger partial charge in [-0.2, -0.15) is 0 Å². The zero-order valence-corrected chi connectivity index (χ0v) is 10.8. The average Bonchev–Trinajstić information content (AvgIpc) is 2.47. The normalized spacial score (nSPS) is 9.95. The van der Waals surface area contributed by atoms with Crippen molar-refractivity contribution < 1.29 is 4.79 Å². The molecule has 98 valence electrons. The van der Waals surface area contributed by atoms with E-state index in [2.05, 4.69) is 20.6 Å². The highest BCUT2D eigenvalue weighted by atomic mass is 16.1. The van der Waals surface area contributed by atoms with Crippen LogP contribution in [0.3, 0.4) is 0 Å². The van der Waals surface area contributed by atoms with Crippen molar-refractivity contribution in [2.24, 2.45) is 0 Å². The number of carbonyl (C=O) groups excluding carboxylic acids is 1. The standard InChI is InChI=1S/C14H16N4O/c1-2-17-13-10-16-8-5-12(13)14(19)18-9-11-3-6-15-7-4-11/h3-8,10,17H,2,9H2,1H3,(H,18,19). The summed E-state index contributed by atoms with van der Waals surface area (Å²) in [4.78, 5) is 20.1. The van der Waals surface area contributed by atoms with Crippen LogP contribution in [-0.2, 0) is 6.54 Å². The summed E-state index contributed by atoms with van der Waals surface area (Å²) in [5.41, 5.74) is 2.37. The van der Waals surface area contributed by atoms with Gasteiger partial charge in [0, 0.05) is 31.7 Å². The zero-order chi connectivity index (χ0) is 13.5. The first-order valence-corrected chi connectivity index (χ1v) is 6.16. The van der Waals surface area contributed by atoms with E-state index in [0.717, 1.165) is 17.8 Å². The number of aromatic nitrogens is 2. The molecule has 2 N–H and O–H groups in total. The molecule has 0 aliphatic carbocycles. The predicted molar refractivity (Wildman–Crippen MR) is 73.8 cm³/mol. The number of hydrogen-bond acceptors (Lipinski definition) is 4. The lowest BCUT2D eigenvalue weighted by molar-refractivity contribution is 0.0951. The second kappa shape index (κ2) is 6.49. The van der Waals surface area contributed by atoms with Crippen LogP contribution in [0.4, 0.5) is 5.69 Å². The summed E-state index contributed by atoms with van der Waals surface area (Å²) in [6.45, 7) is 3.21. The summed E-state index contributed by atoms with van der Waals surface area (Å²) in [5, 5.41) is 6.00. The maximum atomic E-state index is 12.1. The van der Waals surface area contributed by atoms with Crippen molar-refractivity contribution >= 4 is 11.6 Å². The summed E-state index contributed by atoms with van der Waals surface area (Å²) in [7, 11) is 0. The van der Waals surface area contributed by atoms with Crippen LogP contribution in [0.5, 0.6) is 0 Å². The van der Waals surface area contributed by atoms with Gasteiger partial charge in [-0.05, 0) is 30.7 Å². The highest BCUT2D eigenvalue weighted by Crippen LogP contribution is 2.13. The molecule has 0 saturated carbocycles. The van der Waals surface area contributed by atoms with Gasteiger partial charge in [-0.15, -0.1) is 0 Å². The molecule has 0 aliphatic heterocycles. The third-order valence-electron chi connectivity index (χ3n) is 2.64. The Kier molecular flexibility index (Phi) is 4.44. The van der Waals surface area contributed by atoms with Gasteiger partial charge in [0.15, 0.2) is 0 Å². The Bertz CT molecular complexity index is 542. The van der Waals surface area contributed by atoms with Gasteiger partial charge in [-0.3, -0.25) is 14.8 Å². The van der Waals surface area contributed by atoms with E-state index in [1.54, 1.807) is 30.9 Å². The van der Waals surface area contributed by atoms with Gasteiger partial charge >= 0.3 is 0 Å². The lowest BCUT2D eigenvalue weighted by atomic mass is 10.2. The number of amides is 1. The molecule has 0 radical (unpaired) electrons. The fraction of sp³-hybridized carbons (Fsp3) is 0.214. The van der Waals surface area contributed by atoms with Crippen molar-refractivity contribution in [3.8, 4) is 0 Å². The summed E-state index contributed by atoms with van der Waals surface area (Å²) in [6.07, 6.45) is 6.68. The fourth-order valence-corrected chi connectivity index (χ4v) is 1.70. The van der Waals surface area contributed by atoms with Crippen molar-refractivity contribution in [1.29, 1.82) is 0 Å². The molecule has 2 aromatic rings. The molecule has 2 aromatic heterocycles. The van der Waals surface area contributed by atoms with Crippen LogP contribution in [-0.4, -0.2) is 22.4 Å². The van der Waals surface area contributed by atoms with Crippen molar-refractivity contribution in [2.45, 2.75) is 13.5 Å². The van der Waals surface area contributed by atoms with Crippen LogP contribution in [0.25, 0.3) is 0 Å². The predicted octanol–water partition coefficient (Wildman–Crippen LogP) is 1.84. The monoisotopic (exact) mass is 256 g/mol. The second-order valence-corrected chi connectivity index (χ2v) is 3.99. The minimum atomic E-state index is -0.116. The molecule has 5 nitrogen and oxygen atoms in total. The summed E-state index contributed by atoms with van der Waals surface area (Å²) >= 11 is 0. The van der Waals surface area contributed by atoms with E-state index in [1.165, 1.54) is 0 Å². The molecule has 0 bridgehead atoms. The highest BCUT2D eigenvalue weighted by molar-refractivity contribution is 5.99. The molecule has 0 saturated heterocycles. The van der Waals surface area contributed by atoms with E-state index in [-0.39, 0.29) is 5.91 Å². The molecule has 0 atom stereocenters. The lowest BCUT2D eigenvalue weighted by Gasteiger charge is -2.10. The molecular formula is C14H16N4O. The third kappa shape index (κ3) is 3.51. The zero-order valence-electron chi connectivity index (χ0n) is 10.8. The quantitative estimate of drug-likeness (QED) is 0.856. The largest absolute Gasteiger partial charge is 0.383 e. The Morgan fingerprint density at radius 2 is 1.89 bits per heavy atom. The second-order valence-electron chi connectivity index (χ2n) is 3.99. The number of carbonyl (C=O) groups is 1. The molecule has 19 heavy (non-hydrogen) atoms. The molecule has 5 heteroatoms. The lowest BCUT2D eigenvalue weighted by Crippen LogP contribution is -2.24. The van der Waals surface area contributed by atoms with Gasteiger partial charge in [0.2, 0.25) is 0 Å². The highest BCUT2D eigenvalue weighted by Gasteiger charge is 2.10. The van der Waals surface area contributed by atoms with Crippen LogP contribution < -0.4 is 10.6 Å². The first-order chi connectivity index (χ1) is 9.31. The molecule has 1 amide bonds. The van der Waals surface area contributed by atoms with E-state index in [1.807, 2.05) is 19.1 Å². The Hall–Kier alpha value is -2.43. The van der Waals surface area contributed by atoms with Crippen LogP contribution in [0.1, 0.15) is 22.8 Å². The first-order valence-electron chi connectivity index (χ1n) is 6.16. The van der Waals surface area contributed by atoms with Crippen molar-refractivity contribution in [1.82, 2.24) is 15.3 Å². The SMILES string of the molecule is CCNc1cnccc1C(=O)NCc1ccncc1. The van der Waals surface area contributed by atoms with Crippen LogP contribution >= 0.6 is 0 Å². The molecule has 0 fully saturated rings.